The second-order valence-corrected chi connectivity index (χ2v) is 14.0. The highest BCUT2D eigenvalue weighted by Gasteiger charge is 2.01. The molecule has 1 N–H and O–H groups in total. The first kappa shape index (κ1) is 41.9. The van der Waals surface area contributed by atoms with Gasteiger partial charge in [0.25, 0.3) is 0 Å². The van der Waals surface area contributed by atoms with E-state index in [-0.39, 0.29) is 0 Å². The Bertz CT molecular complexity index is 1170. The Hall–Kier alpha value is -4.11. The monoisotopic (exact) mass is 699 g/mol. The Kier molecular flexibility index (Phi) is 21.0. The molecule has 0 saturated heterocycles. The number of aromatic nitrogens is 11. The second kappa shape index (κ2) is 24.1. The zero-order chi connectivity index (χ0) is 35.9. The minimum Gasteiger partial charge on any atom is -0.448 e. The number of hydrogen-bond acceptors (Lipinski definition) is 13. The molecule has 0 radical (unpaired) electrons. The standard InChI is InChI=1S/2C6H9NO.C6H9NS.2C5H9N3.C5H8N2S/c1-5(2)6-3-7-4-8-6;1-5(2)6-3-7-8-4-6;1-5(2)6-3-7-4-8-6;1-5(2)8-3-6-7-4-8;1-4(2)5-3-6-8-7-5;1-4(2)5-7-6-3-8-5/h4*3-5H,1-2H3;3-4H,1-2H3,(H,6,7,8);3-4H,1-2H3. The van der Waals surface area contributed by atoms with Gasteiger partial charge in [0.1, 0.15) is 35.2 Å². The van der Waals surface area contributed by atoms with E-state index < -0.39 is 0 Å². The van der Waals surface area contributed by atoms with E-state index in [0.29, 0.717) is 35.6 Å². The summed E-state index contributed by atoms with van der Waals surface area (Å²) in [5.41, 5.74) is 5.81. The van der Waals surface area contributed by atoms with Crippen LogP contribution < -0.4 is 0 Å². The van der Waals surface area contributed by atoms with Gasteiger partial charge in [0.05, 0.1) is 29.8 Å². The molecule has 0 saturated carbocycles. The first-order valence-electron chi connectivity index (χ1n) is 15.9. The molecule has 0 aliphatic heterocycles. The molecular weight excluding hydrogens is 647 g/mol. The first-order chi connectivity index (χ1) is 22.8. The van der Waals surface area contributed by atoms with Crippen molar-refractivity contribution in [3.63, 3.8) is 0 Å². The van der Waals surface area contributed by atoms with Gasteiger partial charge in [-0.2, -0.15) is 15.4 Å². The van der Waals surface area contributed by atoms with E-state index in [0.717, 1.165) is 22.0 Å². The van der Waals surface area contributed by atoms with Crippen molar-refractivity contribution in [1.29, 1.82) is 0 Å². The molecule has 0 unspecified atom stereocenters. The van der Waals surface area contributed by atoms with Crippen molar-refractivity contribution in [2.75, 3.05) is 0 Å². The van der Waals surface area contributed by atoms with Crippen LogP contribution in [0.5, 0.6) is 0 Å². The van der Waals surface area contributed by atoms with E-state index in [1.54, 1.807) is 65.7 Å². The summed E-state index contributed by atoms with van der Waals surface area (Å²) in [7, 11) is 0. The lowest BCUT2D eigenvalue weighted by atomic mass is 10.1. The van der Waals surface area contributed by atoms with Crippen molar-refractivity contribution in [3.05, 3.63) is 88.0 Å². The van der Waals surface area contributed by atoms with Crippen LogP contribution in [0.3, 0.4) is 0 Å². The average molecular weight is 700 g/mol. The van der Waals surface area contributed by atoms with Crippen LogP contribution in [0, 0.1) is 0 Å². The third-order valence-corrected chi connectivity index (χ3v) is 8.16. The van der Waals surface area contributed by atoms with Crippen LogP contribution in [0.15, 0.2) is 70.1 Å². The fourth-order valence-corrected chi connectivity index (χ4v) is 4.12. The molecule has 0 aromatic carbocycles. The molecule has 0 bridgehead atoms. The van der Waals surface area contributed by atoms with E-state index in [9.17, 15) is 0 Å². The molecular formula is C33H53N11O2S2. The second-order valence-electron chi connectivity index (χ2n) is 12.2. The van der Waals surface area contributed by atoms with Crippen molar-refractivity contribution in [2.24, 2.45) is 0 Å². The molecule has 264 valence electrons. The topological polar surface area (TPSA) is 163 Å². The zero-order valence-electron chi connectivity index (χ0n) is 30.3. The molecule has 6 aromatic rings. The summed E-state index contributed by atoms with van der Waals surface area (Å²) in [6.07, 6.45) is 13.7. The Morgan fingerprint density at radius 2 is 1.40 bits per heavy atom. The van der Waals surface area contributed by atoms with Gasteiger partial charge in [-0.1, -0.05) is 74.4 Å². The summed E-state index contributed by atoms with van der Waals surface area (Å²) in [5.74, 6) is 3.59. The third kappa shape index (κ3) is 18.3. The number of rotatable bonds is 6. The highest BCUT2D eigenvalue weighted by molar-refractivity contribution is 7.09. The largest absolute Gasteiger partial charge is 0.448 e. The van der Waals surface area contributed by atoms with Gasteiger partial charge in [-0.25, -0.2) is 4.98 Å². The lowest BCUT2D eigenvalue weighted by Crippen LogP contribution is -1.95. The molecule has 13 nitrogen and oxygen atoms in total. The molecule has 48 heavy (non-hydrogen) atoms. The Labute approximate surface area is 293 Å². The molecule has 0 aliphatic carbocycles. The molecule has 6 heterocycles. The van der Waals surface area contributed by atoms with E-state index >= 15 is 0 Å². The number of nitrogens with one attached hydrogen (secondary N) is 1. The van der Waals surface area contributed by atoms with Gasteiger partial charge in [0, 0.05) is 34.5 Å². The van der Waals surface area contributed by atoms with Crippen molar-refractivity contribution in [1.82, 2.24) is 55.5 Å². The highest BCUT2D eigenvalue weighted by atomic mass is 32.1. The maximum absolute atomic E-state index is 4.98. The lowest BCUT2D eigenvalue weighted by Gasteiger charge is -2.01. The molecule has 0 atom stereocenters. The van der Waals surface area contributed by atoms with E-state index in [2.05, 4.69) is 139 Å². The molecule has 0 fully saturated rings. The van der Waals surface area contributed by atoms with E-state index in [1.165, 1.54) is 11.3 Å². The van der Waals surface area contributed by atoms with Crippen LogP contribution in [-0.2, 0) is 0 Å². The predicted octanol–water partition coefficient (Wildman–Crippen LogP) is 9.31. The number of nitrogens with zero attached hydrogens (tertiary/aromatic N) is 10. The van der Waals surface area contributed by atoms with Gasteiger partial charge in [-0.3, -0.25) is 4.98 Å². The summed E-state index contributed by atoms with van der Waals surface area (Å²) in [4.78, 5) is 9.10. The molecule has 0 amide bonds. The minimum atomic E-state index is 0.456. The Balaban J connectivity index is 0.000000288. The maximum Gasteiger partial charge on any atom is 0.180 e. The number of aromatic amines is 1. The summed E-state index contributed by atoms with van der Waals surface area (Å²) in [6, 6.07) is 0.477. The predicted molar refractivity (Wildman–Crippen MR) is 192 cm³/mol. The number of thiazole rings is 1. The Morgan fingerprint density at radius 1 is 0.688 bits per heavy atom. The number of H-pyrrole nitrogens is 1. The molecule has 6 rings (SSSR count). The van der Waals surface area contributed by atoms with Crippen molar-refractivity contribution >= 4 is 22.7 Å². The van der Waals surface area contributed by atoms with Gasteiger partial charge in [0.15, 0.2) is 6.39 Å². The summed E-state index contributed by atoms with van der Waals surface area (Å²) >= 11 is 3.33. The SMILES string of the molecule is CC(C)c1cn[nH]n1.CC(C)c1cnco1.CC(C)c1cncs1.CC(C)c1cnoc1.CC(C)c1nncs1.CC(C)n1cnnc1. The van der Waals surface area contributed by atoms with Crippen LogP contribution in [0.2, 0.25) is 0 Å². The maximum atomic E-state index is 4.98. The van der Waals surface area contributed by atoms with Gasteiger partial charge in [-0.15, -0.1) is 43.1 Å². The lowest BCUT2D eigenvalue weighted by molar-refractivity contribution is 0.418. The van der Waals surface area contributed by atoms with Crippen LogP contribution in [0.25, 0.3) is 0 Å². The normalized spacial score (nSPS) is 10.4. The minimum absolute atomic E-state index is 0.456. The number of hydrogen-bond donors (Lipinski definition) is 1. The fourth-order valence-electron chi connectivity index (χ4n) is 2.92. The zero-order valence-corrected chi connectivity index (χ0v) is 32.0. The van der Waals surface area contributed by atoms with Crippen molar-refractivity contribution in [3.8, 4) is 0 Å². The highest BCUT2D eigenvalue weighted by Crippen LogP contribution is 2.17. The summed E-state index contributed by atoms with van der Waals surface area (Å²) in [6.45, 7) is 25.3. The number of oxazole rings is 1. The summed E-state index contributed by atoms with van der Waals surface area (Å²) < 4.78 is 11.6. The van der Waals surface area contributed by atoms with Crippen molar-refractivity contribution < 1.29 is 8.94 Å². The van der Waals surface area contributed by atoms with E-state index in [4.69, 9.17) is 4.42 Å². The van der Waals surface area contributed by atoms with Crippen LogP contribution in [-0.4, -0.2) is 55.5 Å². The molecule has 15 heteroatoms. The van der Waals surface area contributed by atoms with Gasteiger partial charge < -0.3 is 13.5 Å². The van der Waals surface area contributed by atoms with Gasteiger partial charge >= 0.3 is 0 Å². The van der Waals surface area contributed by atoms with Crippen LogP contribution in [0.4, 0.5) is 0 Å². The molecule has 0 spiro atoms. The quantitative estimate of drug-likeness (QED) is 0.176. The third-order valence-electron chi connectivity index (χ3n) is 6.09. The van der Waals surface area contributed by atoms with Crippen molar-refractivity contribution in [2.45, 2.75) is 119 Å². The van der Waals surface area contributed by atoms with Crippen LogP contribution in [0.1, 0.15) is 146 Å². The van der Waals surface area contributed by atoms with Gasteiger partial charge in [0.2, 0.25) is 0 Å². The Morgan fingerprint density at radius 3 is 1.65 bits per heavy atom. The molecule has 6 aromatic heterocycles. The van der Waals surface area contributed by atoms with Crippen LogP contribution >= 0.6 is 22.7 Å². The van der Waals surface area contributed by atoms with Gasteiger partial charge in [-0.05, 0) is 31.6 Å². The smallest absolute Gasteiger partial charge is 0.180 e. The molecule has 0 aliphatic rings. The van der Waals surface area contributed by atoms with E-state index in [1.807, 2.05) is 16.3 Å². The fraction of sp³-hybridized carbons (Fsp3) is 0.545. The first-order valence-corrected chi connectivity index (χ1v) is 17.7. The average Bonchev–Trinajstić information content (AvgIpc) is 3.91. The summed E-state index contributed by atoms with van der Waals surface area (Å²) in [5, 5.41) is 29.7.